The van der Waals surface area contributed by atoms with Gasteiger partial charge in [0.05, 0.1) is 5.56 Å². The Kier molecular flexibility index (Phi) is 7.41. The van der Waals surface area contributed by atoms with Crippen LogP contribution in [0.15, 0.2) is 6.07 Å². The molecule has 17 heteroatoms. The lowest BCUT2D eigenvalue weighted by atomic mass is 10.0. The zero-order valence-electron chi connectivity index (χ0n) is 20.1. The minimum absolute atomic E-state index is 0.00142. The van der Waals surface area contributed by atoms with Gasteiger partial charge in [-0.15, -0.1) is 5.06 Å². The van der Waals surface area contributed by atoms with Crippen LogP contribution in [0.2, 0.25) is 5.02 Å². The minimum Gasteiger partial charge on any atom is -0.322 e. The number of imide groups is 1. The summed E-state index contributed by atoms with van der Waals surface area (Å²) in [5, 5.41) is 10.0. The number of hydroxylamine groups is 2. The molecule has 3 saturated heterocycles. The quantitative estimate of drug-likeness (QED) is 0.175. The molecule has 1 aromatic rings. The summed E-state index contributed by atoms with van der Waals surface area (Å²) >= 11 is 6.27. The summed E-state index contributed by atoms with van der Waals surface area (Å²) in [5.41, 5.74) is -0.439. The molecule has 4 amide bonds. The number of piperidine rings is 2. The Morgan fingerprint density at radius 2 is 2.00 bits per heavy atom. The van der Waals surface area contributed by atoms with E-state index in [1.165, 1.54) is 6.07 Å². The maximum Gasteiger partial charge on any atom is 0.441 e. The molecule has 0 saturated carbocycles. The molecule has 3 fully saturated rings. The largest absolute Gasteiger partial charge is 0.441 e. The van der Waals surface area contributed by atoms with E-state index in [4.69, 9.17) is 16.6 Å². The Hall–Kier alpha value is -3.05. The van der Waals surface area contributed by atoms with E-state index in [-0.39, 0.29) is 41.1 Å². The van der Waals surface area contributed by atoms with Crippen molar-refractivity contribution in [3.63, 3.8) is 0 Å². The Labute approximate surface area is 223 Å². The number of alkyl halides is 3. The van der Waals surface area contributed by atoms with Crippen LogP contribution in [0.3, 0.4) is 0 Å². The molecule has 0 bridgehead atoms. The molecule has 39 heavy (non-hydrogen) atoms. The number of carbonyl (C=O) groups is 4. The molecule has 5 rings (SSSR count). The van der Waals surface area contributed by atoms with E-state index in [0.29, 0.717) is 24.4 Å². The first-order chi connectivity index (χ1) is 18.5. The van der Waals surface area contributed by atoms with Gasteiger partial charge in [0.2, 0.25) is 11.8 Å². The van der Waals surface area contributed by atoms with Crippen molar-refractivity contribution < 1.29 is 46.6 Å². The molecule has 212 valence electrons. The number of halogens is 5. The highest BCUT2D eigenvalue weighted by atomic mass is 35.5. The first kappa shape index (κ1) is 27.5. The first-order valence-electron chi connectivity index (χ1n) is 12.1. The van der Waals surface area contributed by atoms with E-state index >= 15 is 4.39 Å². The van der Waals surface area contributed by atoms with E-state index in [0.717, 1.165) is 4.90 Å². The van der Waals surface area contributed by atoms with Crippen LogP contribution < -0.4 is 21.3 Å². The summed E-state index contributed by atoms with van der Waals surface area (Å²) in [4.78, 5) is 59.2. The highest BCUT2D eigenvalue weighted by molar-refractivity contribution is 6.32. The van der Waals surface area contributed by atoms with Gasteiger partial charge in [-0.3, -0.25) is 35.2 Å². The minimum atomic E-state index is -4.72. The van der Waals surface area contributed by atoms with E-state index in [1.54, 1.807) is 0 Å². The molecule has 12 nitrogen and oxygen atoms in total. The van der Waals surface area contributed by atoms with Gasteiger partial charge in [0, 0.05) is 41.7 Å². The van der Waals surface area contributed by atoms with Gasteiger partial charge in [0.25, 0.3) is 5.91 Å². The van der Waals surface area contributed by atoms with Crippen molar-refractivity contribution in [2.45, 2.75) is 69.4 Å². The number of hydrogen-bond acceptors (Lipinski definition) is 9. The Balaban J connectivity index is 1.23. The van der Waals surface area contributed by atoms with Crippen LogP contribution in [0.5, 0.6) is 0 Å². The molecule has 4 unspecified atom stereocenters. The standard InChI is InChI=1S/C22H23ClF4N6O6/c23-11-6-9(16(24)15-10(11)8-32(19(15)36)13-3-4-14(34)31-18(13)35)7-29-21(37)38-39-33-17-12(2-1-5-28-17)30-20(33)22(25,26)27/h6,12-13,17,20,28,30H,1-5,7-8H2,(H,29,37)(H,31,34,35). The number of hydrogen-bond donors (Lipinski definition) is 4. The van der Waals surface area contributed by atoms with Crippen LogP contribution in [0.25, 0.3) is 0 Å². The second-order valence-corrected chi connectivity index (χ2v) is 9.91. The molecule has 1 aromatic carbocycles. The van der Waals surface area contributed by atoms with Gasteiger partial charge in [-0.1, -0.05) is 16.6 Å². The fourth-order valence-corrected chi connectivity index (χ4v) is 5.48. The highest BCUT2D eigenvalue weighted by Gasteiger charge is 2.56. The monoisotopic (exact) mass is 578 g/mol. The lowest BCUT2D eigenvalue weighted by molar-refractivity contribution is -0.426. The number of rotatable bonds is 5. The molecule has 0 radical (unpaired) electrons. The molecule has 0 spiro atoms. The van der Waals surface area contributed by atoms with Gasteiger partial charge in [-0.25, -0.2) is 9.18 Å². The third kappa shape index (κ3) is 5.26. The van der Waals surface area contributed by atoms with Crippen LogP contribution in [0, 0.1) is 5.82 Å². The highest BCUT2D eigenvalue weighted by Crippen LogP contribution is 2.36. The number of nitrogens with one attached hydrogen (secondary N) is 4. The molecule has 4 aliphatic heterocycles. The Morgan fingerprint density at radius 1 is 1.23 bits per heavy atom. The zero-order valence-corrected chi connectivity index (χ0v) is 20.8. The van der Waals surface area contributed by atoms with Crippen molar-refractivity contribution in [1.29, 1.82) is 0 Å². The smallest absolute Gasteiger partial charge is 0.322 e. The SMILES string of the molecule is O=C1CCC(N2Cc3c(Cl)cc(CNC(=O)OON4C5NCCCC5NC4C(F)(F)F)c(F)c3C2=O)C(=O)N1. The number of amides is 4. The van der Waals surface area contributed by atoms with Gasteiger partial charge in [0.15, 0.2) is 6.17 Å². The summed E-state index contributed by atoms with van der Waals surface area (Å²) in [6.45, 7) is -0.254. The summed E-state index contributed by atoms with van der Waals surface area (Å²) < 4.78 is 55.7. The van der Waals surface area contributed by atoms with Gasteiger partial charge in [-0.2, -0.15) is 13.2 Å². The van der Waals surface area contributed by atoms with Crippen molar-refractivity contribution in [2.24, 2.45) is 0 Å². The summed E-state index contributed by atoms with van der Waals surface area (Å²) in [6.07, 6.45) is -7.98. The molecule has 4 heterocycles. The van der Waals surface area contributed by atoms with Crippen LogP contribution in [0.1, 0.15) is 47.2 Å². The molecule has 4 aliphatic rings. The van der Waals surface area contributed by atoms with Gasteiger partial charge in [-0.05, 0) is 31.9 Å². The fraction of sp³-hybridized carbons (Fsp3) is 0.545. The van der Waals surface area contributed by atoms with Gasteiger partial charge in [0.1, 0.15) is 18.0 Å². The third-order valence-electron chi connectivity index (χ3n) is 7.04. The topological polar surface area (TPSA) is 141 Å². The first-order valence-corrected chi connectivity index (χ1v) is 12.4. The van der Waals surface area contributed by atoms with E-state index in [2.05, 4.69) is 26.2 Å². The van der Waals surface area contributed by atoms with Crippen LogP contribution >= 0.6 is 11.6 Å². The molecule has 4 N–H and O–H groups in total. The molecular formula is C22H23ClF4N6O6. The predicted octanol–water partition coefficient (Wildman–Crippen LogP) is 1.18. The number of carbonyl (C=O) groups excluding carboxylic acids is 4. The maximum absolute atomic E-state index is 15.3. The molecule has 0 aliphatic carbocycles. The average Bonchev–Trinajstić information content (AvgIpc) is 3.43. The predicted molar refractivity (Wildman–Crippen MR) is 121 cm³/mol. The van der Waals surface area contributed by atoms with Crippen molar-refractivity contribution in [3.05, 3.63) is 33.6 Å². The van der Waals surface area contributed by atoms with Crippen LogP contribution in [-0.4, -0.2) is 70.9 Å². The lowest BCUT2D eigenvalue weighted by Crippen LogP contribution is -2.53. The summed E-state index contributed by atoms with van der Waals surface area (Å²) in [7, 11) is 0. The molecule has 0 aromatic heterocycles. The lowest BCUT2D eigenvalue weighted by Gasteiger charge is -2.30. The van der Waals surface area contributed by atoms with Crippen molar-refractivity contribution in [1.82, 2.24) is 31.2 Å². The normalized spacial score (nSPS) is 27.3. The average molecular weight is 579 g/mol. The Bertz CT molecular complexity index is 1220. The second-order valence-electron chi connectivity index (χ2n) is 9.50. The number of nitrogens with zero attached hydrogens (tertiary/aromatic N) is 2. The van der Waals surface area contributed by atoms with Crippen LogP contribution in [-0.2, 0) is 32.6 Å². The third-order valence-corrected chi connectivity index (χ3v) is 7.38. The Morgan fingerprint density at radius 3 is 2.72 bits per heavy atom. The van der Waals surface area contributed by atoms with Crippen LogP contribution in [0.4, 0.5) is 22.4 Å². The van der Waals surface area contributed by atoms with E-state index in [9.17, 15) is 32.3 Å². The zero-order chi connectivity index (χ0) is 28.1. The van der Waals surface area contributed by atoms with Crippen molar-refractivity contribution in [3.8, 4) is 0 Å². The van der Waals surface area contributed by atoms with Crippen molar-refractivity contribution >= 4 is 35.4 Å². The van der Waals surface area contributed by atoms with Crippen molar-refractivity contribution in [2.75, 3.05) is 6.54 Å². The summed E-state index contributed by atoms with van der Waals surface area (Å²) in [5.74, 6) is -2.95. The molecular weight excluding hydrogens is 556 g/mol. The molecule has 4 atom stereocenters. The van der Waals surface area contributed by atoms with E-state index < -0.39 is 66.8 Å². The maximum atomic E-state index is 15.3. The fourth-order valence-electron chi connectivity index (χ4n) is 5.19. The summed E-state index contributed by atoms with van der Waals surface area (Å²) in [6, 6.07) is -0.388. The van der Waals surface area contributed by atoms with E-state index in [1.807, 2.05) is 0 Å². The van der Waals surface area contributed by atoms with Gasteiger partial charge < -0.3 is 10.2 Å². The number of fused-ring (bicyclic) bond motifs is 2. The number of benzene rings is 1. The van der Waals surface area contributed by atoms with Gasteiger partial charge >= 0.3 is 12.3 Å². The second kappa shape index (κ2) is 10.5.